The lowest BCUT2D eigenvalue weighted by molar-refractivity contribution is 0.353. The highest BCUT2D eigenvalue weighted by Crippen LogP contribution is 2.29. The van der Waals surface area contributed by atoms with Crippen molar-refractivity contribution in [2.45, 2.75) is 37.2 Å². The highest BCUT2D eigenvalue weighted by atomic mass is 35.5. The van der Waals surface area contributed by atoms with E-state index in [4.69, 9.17) is 16.0 Å². The van der Waals surface area contributed by atoms with Gasteiger partial charge in [0.05, 0.1) is 35.0 Å². The van der Waals surface area contributed by atoms with E-state index in [0.29, 0.717) is 5.76 Å². The molecule has 1 aliphatic rings. The first kappa shape index (κ1) is 19.2. The van der Waals surface area contributed by atoms with Crippen molar-refractivity contribution in [1.82, 2.24) is 14.1 Å². The Kier molecular flexibility index (Phi) is 5.03. The summed E-state index contributed by atoms with van der Waals surface area (Å²) in [5, 5.41) is 4.30. The van der Waals surface area contributed by atoms with E-state index in [-0.39, 0.29) is 23.0 Å². The number of fused-ring (bicyclic) bond motifs is 1. The number of halogens is 2. The van der Waals surface area contributed by atoms with E-state index in [1.165, 1.54) is 16.6 Å². The lowest BCUT2D eigenvalue weighted by Gasteiger charge is -2.21. The fraction of sp³-hybridized carbons (Fsp3) is 0.316. The molecule has 0 unspecified atom stereocenters. The number of nitrogens with zero attached hydrogens (tertiary/aromatic N) is 3. The van der Waals surface area contributed by atoms with Gasteiger partial charge in [-0.15, -0.1) is 0 Å². The Hall–Kier alpha value is -2.16. The van der Waals surface area contributed by atoms with Crippen LogP contribution in [0.4, 0.5) is 4.39 Å². The van der Waals surface area contributed by atoms with Crippen LogP contribution in [0.1, 0.15) is 29.1 Å². The summed E-state index contributed by atoms with van der Waals surface area (Å²) >= 11 is 5.82. The van der Waals surface area contributed by atoms with Gasteiger partial charge in [-0.3, -0.25) is 4.68 Å². The summed E-state index contributed by atoms with van der Waals surface area (Å²) < 4.78 is 48.6. The molecule has 0 saturated carbocycles. The first-order valence-electron chi connectivity index (χ1n) is 8.87. The third kappa shape index (κ3) is 3.47. The number of aromatic nitrogens is 2. The van der Waals surface area contributed by atoms with Crippen LogP contribution in [0.3, 0.4) is 0 Å². The molecular weight excluding hydrogens is 405 g/mol. The number of hydrogen-bond donors (Lipinski definition) is 0. The summed E-state index contributed by atoms with van der Waals surface area (Å²) in [6, 6.07) is 6.81. The van der Waals surface area contributed by atoms with Crippen LogP contribution in [-0.4, -0.2) is 22.5 Å². The SMILES string of the molecule is Cn1nc(CN(Cc2ccco2)S(=O)(=O)c2ccc(F)c(Cl)c2)c2c1CCC2. The molecule has 0 bridgehead atoms. The van der Waals surface area contributed by atoms with Crippen molar-refractivity contribution in [1.29, 1.82) is 0 Å². The normalized spacial score (nSPS) is 14.0. The van der Waals surface area contributed by atoms with Gasteiger partial charge in [0.25, 0.3) is 0 Å². The predicted molar refractivity (Wildman–Crippen MR) is 102 cm³/mol. The van der Waals surface area contributed by atoms with Crippen molar-refractivity contribution in [2.75, 3.05) is 0 Å². The van der Waals surface area contributed by atoms with Gasteiger partial charge in [0.1, 0.15) is 11.6 Å². The van der Waals surface area contributed by atoms with E-state index in [1.807, 2.05) is 11.7 Å². The van der Waals surface area contributed by atoms with Crippen LogP contribution >= 0.6 is 11.6 Å². The monoisotopic (exact) mass is 423 g/mol. The Morgan fingerprint density at radius 3 is 2.82 bits per heavy atom. The molecule has 1 aliphatic carbocycles. The highest BCUT2D eigenvalue weighted by molar-refractivity contribution is 7.89. The third-order valence-corrected chi connectivity index (χ3v) is 7.04. The largest absolute Gasteiger partial charge is 0.468 e. The van der Waals surface area contributed by atoms with Crippen molar-refractivity contribution in [3.63, 3.8) is 0 Å². The fourth-order valence-electron chi connectivity index (χ4n) is 3.58. The number of benzene rings is 1. The van der Waals surface area contributed by atoms with Gasteiger partial charge in [0.2, 0.25) is 10.0 Å². The number of rotatable bonds is 6. The second-order valence-corrected chi connectivity index (χ2v) is 9.12. The van der Waals surface area contributed by atoms with Crippen molar-refractivity contribution in [2.24, 2.45) is 7.05 Å². The van der Waals surface area contributed by atoms with Gasteiger partial charge < -0.3 is 4.42 Å². The maximum atomic E-state index is 13.5. The molecule has 0 fully saturated rings. The molecule has 1 aromatic carbocycles. The molecule has 3 aromatic rings. The Balaban J connectivity index is 1.73. The van der Waals surface area contributed by atoms with Gasteiger partial charge >= 0.3 is 0 Å². The van der Waals surface area contributed by atoms with Crippen LogP contribution in [0.5, 0.6) is 0 Å². The van der Waals surface area contributed by atoms with Crippen LogP contribution in [0.15, 0.2) is 45.9 Å². The molecule has 0 aliphatic heterocycles. The molecule has 0 N–H and O–H groups in total. The Bertz CT molecular complexity index is 1110. The van der Waals surface area contributed by atoms with Gasteiger partial charge in [-0.05, 0) is 55.2 Å². The summed E-state index contributed by atoms with van der Waals surface area (Å²) in [4.78, 5) is -0.0713. The van der Waals surface area contributed by atoms with Crippen molar-refractivity contribution in [3.05, 3.63) is 70.1 Å². The first-order valence-corrected chi connectivity index (χ1v) is 10.7. The summed E-state index contributed by atoms with van der Waals surface area (Å²) in [5.41, 5.74) is 2.99. The van der Waals surface area contributed by atoms with Crippen LogP contribution in [0.2, 0.25) is 5.02 Å². The van der Waals surface area contributed by atoms with Crippen LogP contribution < -0.4 is 0 Å². The molecule has 0 saturated heterocycles. The highest BCUT2D eigenvalue weighted by Gasteiger charge is 2.30. The molecule has 4 rings (SSSR count). The minimum atomic E-state index is -3.95. The zero-order valence-corrected chi connectivity index (χ0v) is 16.8. The van der Waals surface area contributed by atoms with E-state index in [0.717, 1.165) is 48.3 Å². The van der Waals surface area contributed by atoms with E-state index >= 15 is 0 Å². The molecule has 0 spiro atoms. The van der Waals surface area contributed by atoms with E-state index in [9.17, 15) is 12.8 Å². The summed E-state index contributed by atoms with van der Waals surface area (Å²) in [5.74, 6) is -0.162. The average Bonchev–Trinajstić information content (AvgIpc) is 3.38. The van der Waals surface area contributed by atoms with Crippen LogP contribution in [0.25, 0.3) is 0 Å². The molecule has 2 aromatic heterocycles. The Labute approximate surface area is 167 Å². The molecule has 6 nitrogen and oxygen atoms in total. The second-order valence-electron chi connectivity index (χ2n) is 6.78. The van der Waals surface area contributed by atoms with Crippen molar-refractivity contribution in [3.8, 4) is 0 Å². The van der Waals surface area contributed by atoms with E-state index < -0.39 is 15.8 Å². The molecule has 2 heterocycles. The lowest BCUT2D eigenvalue weighted by Crippen LogP contribution is -2.30. The summed E-state index contributed by atoms with van der Waals surface area (Å²) in [7, 11) is -2.08. The average molecular weight is 424 g/mol. The first-order chi connectivity index (χ1) is 13.4. The molecular formula is C19H19ClFN3O3S. The van der Waals surface area contributed by atoms with E-state index in [1.54, 1.807) is 12.1 Å². The molecule has 0 radical (unpaired) electrons. The number of hydrogen-bond acceptors (Lipinski definition) is 4. The molecule has 148 valence electrons. The van der Waals surface area contributed by atoms with Gasteiger partial charge in [-0.2, -0.15) is 9.40 Å². The predicted octanol–water partition coefficient (Wildman–Crippen LogP) is 3.69. The molecule has 0 amide bonds. The topological polar surface area (TPSA) is 68.3 Å². The third-order valence-electron chi connectivity index (χ3n) is 4.97. The zero-order valence-electron chi connectivity index (χ0n) is 15.2. The maximum Gasteiger partial charge on any atom is 0.243 e. The van der Waals surface area contributed by atoms with Crippen molar-refractivity contribution >= 4 is 21.6 Å². The second kappa shape index (κ2) is 7.35. The molecule has 28 heavy (non-hydrogen) atoms. The van der Waals surface area contributed by atoms with Gasteiger partial charge in [0, 0.05) is 12.7 Å². The van der Waals surface area contributed by atoms with Crippen LogP contribution in [0, 0.1) is 5.82 Å². The molecule has 9 heteroatoms. The molecule has 0 atom stereocenters. The van der Waals surface area contributed by atoms with Crippen LogP contribution in [-0.2, 0) is 43.0 Å². The van der Waals surface area contributed by atoms with Gasteiger partial charge in [-0.1, -0.05) is 11.6 Å². The summed E-state index contributed by atoms with van der Waals surface area (Å²) in [6.07, 6.45) is 4.35. The number of aryl methyl sites for hydroxylation is 1. The van der Waals surface area contributed by atoms with E-state index in [2.05, 4.69) is 5.10 Å². The summed E-state index contributed by atoms with van der Waals surface area (Å²) in [6.45, 7) is 0.136. The smallest absolute Gasteiger partial charge is 0.243 e. The zero-order chi connectivity index (χ0) is 19.9. The minimum absolute atomic E-state index is 0.0374. The van der Waals surface area contributed by atoms with Gasteiger partial charge in [0.15, 0.2) is 0 Å². The minimum Gasteiger partial charge on any atom is -0.468 e. The standard InChI is InChI=1S/C19H19ClFN3O3S/c1-23-19-6-2-5-15(19)18(22-23)12-24(11-13-4-3-9-27-13)28(25,26)14-7-8-17(21)16(20)10-14/h3-4,7-10H,2,5-6,11-12H2,1H3. The Morgan fingerprint density at radius 1 is 1.29 bits per heavy atom. The van der Waals surface area contributed by atoms with Gasteiger partial charge in [-0.25, -0.2) is 12.8 Å². The lowest BCUT2D eigenvalue weighted by atomic mass is 10.2. The number of sulfonamides is 1. The Morgan fingerprint density at radius 2 is 2.11 bits per heavy atom. The quantitative estimate of drug-likeness (QED) is 0.606. The number of furan rings is 1. The maximum absolute atomic E-state index is 13.5. The fourth-order valence-corrected chi connectivity index (χ4v) is 5.22. The van der Waals surface area contributed by atoms with Crippen molar-refractivity contribution < 1.29 is 17.2 Å².